The zero-order chi connectivity index (χ0) is 53.4. The Morgan fingerprint density at radius 1 is 0.425 bits per heavy atom. The molecule has 4 N–H and O–H groups in total. The zero-order valence-corrected chi connectivity index (χ0v) is 47.7. The van der Waals surface area contributed by atoms with Crippen LogP contribution in [0.15, 0.2) is 9.59 Å². The minimum atomic E-state index is -0.773. The van der Waals surface area contributed by atoms with Crippen LogP contribution in [0, 0.1) is 11.8 Å². The number of hydrogen-bond donors (Lipinski definition) is 4. The molecule has 0 radical (unpaired) electrons. The molecule has 13 nitrogen and oxygen atoms in total. The Balaban J connectivity index is 2.72. The number of hydrogen-bond acceptors (Lipinski definition) is 11. The van der Waals surface area contributed by atoms with Gasteiger partial charge >= 0.3 is 11.9 Å². The molecule has 1 aromatic rings. The Morgan fingerprint density at radius 3 is 1.07 bits per heavy atom. The molecule has 0 aromatic heterocycles. The summed E-state index contributed by atoms with van der Waals surface area (Å²) in [7, 11) is 1.65. The highest BCUT2D eigenvalue weighted by molar-refractivity contribution is 5.73. The molecule has 0 spiro atoms. The second-order valence-electron chi connectivity index (χ2n) is 21.1. The van der Waals surface area contributed by atoms with Crippen molar-refractivity contribution in [3.05, 3.63) is 20.4 Å². The number of nitrogens with zero attached hydrogens (tertiary/aromatic N) is 1. The lowest BCUT2D eigenvalue weighted by atomic mass is 9.97. The predicted octanol–water partition coefficient (Wildman–Crippen LogP) is 14.7. The van der Waals surface area contributed by atoms with E-state index in [9.17, 15) is 29.4 Å². The number of anilines is 2. The van der Waals surface area contributed by atoms with Gasteiger partial charge in [-0.1, -0.05) is 195 Å². The molecule has 0 saturated carbocycles. The summed E-state index contributed by atoms with van der Waals surface area (Å²) >= 11 is 0. The monoisotopic (exact) mass is 1040 g/mol. The van der Waals surface area contributed by atoms with Crippen LogP contribution >= 0.6 is 0 Å². The second kappa shape index (κ2) is 49.0. The Hall–Kier alpha value is -2.58. The van der Waals surface area contributed by atoms with Gasteiger partial charge in [0.05, 0.1) is 11.8 Å². The molecular formula is C60H113N3O10. The average Bonchev–Trinajstić information content (AvgIpc) is 3.38. The number of ether oxygens (including phenoxy) is 4. The molecule has 0 amide bonds. The standard InChI is InChI=1S/C60H113N3O10/c1-6-10-14-18-26-34-45-70-53(71-46-35-27-19-15-11-7-2)49-51(59(66)67)39-30-22-24-32-42-63(44-38-41-62-56-55(61-5)57(64)58(56)65)43-33-25-23-31-40-52(60(68)69)50-54(72-47-36-28-20-16-12-8-3)73-48-37-29-21-17-13-9-4/h51-54,61-62H,6-50H2,1-5H3,(H,66,67)(H,68,69). The van der Waals surface area contributed by atoms with Gasteiger partial charge < -0.3 is 44.7 Å². The van der Waals surface area contributed by atoms with Crippen molar-refractivity contribution in [2.75, 3.05) is 70.3 Å². The lowest BCUT2D eigenvalue weighted by Gasteiger charge is -2.24. The number of nitrogens with one attached hydrogen (secondary N) is 2. The van der Waals surface area contributed by atoms with Crippen LogP contribution in [0.5, 0.6) is 0 Å². The first-order chi connectivity index (χ1) is 35.6. The molecule has 2 unspecified atom stereocenters. The SMILES string of the molecule is CCCCCCCCOC(CC(CCCCCCN(CCCCCCC(CC(OCCCCCCCC)OCCCCCCCC)C(=O)O)CCCNc1c(NC)c(=O)c1=O)C(=O)O)OCCCCCCCC. The maximum Gasteiger partial charge on any atom is 0.306 e. The molecule has 0 aliphatic rings. The first kappa shape index (κ1) is 68.4. The van der Waals surface area contributed by atoms with Gasteiger partial charge in [-0.2, -0.15) is 0 Å². The number of aliphatic carboxylic acids is 2. The van der Waals surface area contributed by atoms with Gasteiger partial charge in [-0.25, -0.2) is 0 Å². The van der Waals surface area contributed by atoms with Crippen LogP contribution in [0.2, 0.25) is 0 Å². The normalized spacial score (nSPS) is 12.7. The maximum atomic E-state index is 12.5. The molecule has 0 aliphatic heterocycles. The van der Waals surface area contributed by atoms with Crippen LogP contribution in [-0.4, -0.2) is 99.3 Å². The van der Waals surface area contributed by atoms with E-state index in [0.29, 0.717) is 70.0 Å². The highest BCUT2D eigenvalue weighted by Gasteiger charge is 2.25. The number of unbranched alkanes of at least 4 members (excludes halogenated alkanes) is 26. The molecule has 0 fully saturated rings. The Morgan fingerprint density at radius 2 is 0.726 bits per heavy atom. The van der Waals surface area contributed by atoms with Crippen molar-refractivity contribution in [1.29, 1.82) is 0 Å². The van der Waals surface area contributed by atoms with E-state index in [-0.39, 0.29) is 0 Å². The fourth-order valence-corrected chi connectivity index (χ4v) is 9.72. The van der Waals surface area contributed by atoms with Crippen LogP contribution in [0.25, 0.3) is 0 Å². The van der Waals surface area contributed by atoms with Gasteiger partial charge in [0.15, 0.2) is 12.6 Å². The lowest BCUT2D eigenvalue weighted by molar-refractivity contribution is -0.165. The van der Waals surface area contributed by atoms with Gasteiger partial charge in [0.2, 0.25) is 0 Å². The van der Waals surface area contributed by atoms with Gasteiger partial charge in [0, 0.05) is 52.9 Å². The van der Waals surface area contributed by atoms with Gasteiger partial charge in [0.1, 0.15) is 11.4 Å². The first-order valence-corrected chi connectivity index (χ1v) is 30.5. The average molecular weight is 1040 g/mol. The minimum Gasteiger partial charge on any atom is -0.481 e. The quantitative estimate of drug-likeness (QED) is 0.0276. The summed E-state index contributed by atoms with van der Waals surface area (Å²) in [6.07, 6.45) is 37.6. The van der Waals surface area contributed by atoms with E-state index in [2.05, 4.69) is 43.2 Å². The van der Waals surface area contributed by atoms with Crippen LogP contribution in [-0.2, 0) is 28.5 Å². The zero-order valence-electron chi connectivity index (χ0n) is 47.7. The molecular weight excluding hydrogens is 923 g/mol. The Labute approximate surface area is 445 Å². The summed E-state index contributed by atoms with van der Waals surface area (Å²) < 4.78 is 24.8. The fraction of sp³-hybridized carbons (Fsp3) is 0.900. The van der Waals surface area contributed by atoms with E-state index in [0.717, 1.165) is 129 Å². The second-order valence-corrected chi connectivity index (χ2v) is 21.1. The van der Waals surface area contributed by atoms with E-state index in [1.807, 2.05) is 0 Å². The van der Waals surface area contributed by atoms with E-state index in [1.165, 1.54) is 103 Å². The largest absolute Gasteiger partial charge is 0.481 e. The van der Waals surface area contributed by atoms with Crippen molar-refractivity contribution in [2.45, 2.75) is 278 Å². The van der Waals surface area contributed by atoms with E-state index >= 15 is 0 Å². The summed E-state index contributed by atoms with van der Waals surface area (Å²) in [5, 5.41) is 26.5. The number of rotatable bonds is 58. The number of carboxylic acids is 2. The van der Waals surface area contributed by atoms with Crippen LogP contribution < -0.4 is 21.5 Å². The summed E-state index contributed by atoms with van der Waals surface area (Å²) in [6.45, 7) is 14.6. The molecule has 73 heavy (non-hydrogen) atoms. The van der Waals surface area contributed by atoms with Crippen molar-refractivity contribution >= 4 is 23.3 Å². The molecule has 0 heterocycles. The van der Waals surface area contributed by atoms with Gasteiger partial charge in [-0.3, -0.25) is 19.2 Å². The third kappa shape index (κ3) is 36.9. The molecule has 0 aliphatic carbocycles. The maximum absolute atomic E-state index is 12.5. The highest BCUT2D eigenvalue weighted by Crippen LogP contribution is 2.23. The summed E-state index contributed by atoms with van der Waals surface area (Å²) in [5.41, 5.74) is -0.215. The third-order valence-electron chi connectivity index (χ3n) is 14.5. The van der Waals surface area contributed by atoms with Gasteiger partial charge in [-0.05, 0) is 77.4 Å². The molecule has 0 saturated heterocycles. The molecule has 0 bridgehead atoms. The fourth-order valence-electron chi connectivity index (χ4n) is 9.72. The first-order valence-electron chi connectivity index (χ1n) is 30.5. The van der Waals surface area contributed by atoms with Crippen molar-refractivity contribution < 1.29 is 38.7 Å². The van der Waals surface area contributed by atoms with Crippen LogP contribution in [0.3, 0.4) is 0 Å². The number of carboxylic acid groups (broad SMARTS) is 2. The van der Waals surface area contributed by atoms with E-state index in [4.69, 9.17) is 18.9 Å². The van der Waals surface area contributed by atoms with Gasteiger partial charge in [0.25, 0.3) is 10.9 Å². The van der Waals surface area contributed by atoms with E-state index in [1.54, 1.807) is 7.05 Å². The molecule has 1 aromatic carbocycles. The third-order valence-corrected chi connectivity index (χ3v) is 14.5. The molecule has 2 atom stereocenters. The Bertz CT molecular complexity index is 1380. The van der Waals surface area contributed by atoms with Crippen molar-refractivity contribution in [2.24, 2.45) is 11.8 Å². The summed E-state index contributed by atoms with van der Waals surface area (Å²) in [5.74, 6) is -2.55. The summed E-state index contributed by atoms with van der Waals surface area (Å²) in [4.78, 5) is 51.5. The number of carbonyl (C=O) groups is 2. The molecule has 428 valence electrons. The van der Waals surface area contributed by atoms with E-state index < -0.39 is 47.2 Å². The van der Waals surface area contributed by atoms with Crippen LogP contribution in [0.1, 0.15) is 265 Å². The van der Waals surface area contributed by atoms with Crippen molar-refractivity contribution in [1.82, 2.24) is 4.90 Å². The molecule has 13 heteroatoms. The molecule has 1 rings (SSSR count). The van der Waals surface area contributed by atoms with Crippen LogP contribution in [0.4, 0.5) is 11.4 Å². The van der Waals surface area contributed by atoms with Gasteiger partial charge in [-0.15, -0.1) is 0 Å². The van der Waals surface area contributed by atoms with Crippen molar-refractivity contribution in [3.8, 4) is 0 Å². The summed E-state index contributed by atoms with van der Waals surface area (Å²) in [6, 6.07) is 0. The topological polar surface area (TPSA) is 173 Å². The smallest absolute Gasteiger partial charge is 0.306 e. The highest BCUT2D eigenvalue weighted by atomic mass is 16.7. The van der Waals surface area contributed by atoms with Crippen molar-refractivity contribution in [3.63, 3.8) is 0 Å². The Kier molecular flexibility index (Phi) is 46.0. The predicted molar refractivity (Wildman–Crippen MR) is 303 cm³/mol. The lowest BCUT2D eigenvalue weighted by Crippen LogP contribution is -2.37. The minimum absolute atomic E-state index is 0.353.